The molecule has 1 unspecified atom stereocenters. The Labute approximate surface area is 128 Å². The molecule has 0 bridgehead atoms. The molecule has 0 amide bonds. The van der Waals surface area contributed by atoms with Crippen molar-refractivity contribution in [3.05, 3.63) is 63.3 Å². The molecule has 0 radical (unpaired) electrons. The third-order valence-electron chi connectivity index (χ3n) is 2.55. The fourth-order valence-corrected chi connectivity index (χ4v) is 2.34. The van der Waals surface area contributed by atoms with Gasteiger partial charge in [-0.1, -0.05) is 41.9 Å². The van der Waals surface area contributed by atoms with Crippen molar-refractivity contribution in [2.45, 2.75) is 6.10 Å². The molecular weight excluding hydrogens is 351 g/mol. The Morgan fingerprint density at radius 3 is 2.55 bits per heavy atom. The molecule has 0 aliphatic heterocycles. The number of carboxylic acid groups (broad SMARTS) is 1. The van der Waals surface area contributed by atoms with Crippen molar-refractivity contribution in [3.8, 4) is 5.75 Å². The second-order valence-corrected chi connectivity index (χ2v) is 5.21. The van der Waals surface area contributed by atoms with Crippen LogP contribution < -0.4 is 4.74 Å². The summed E-state index contributed by atoms with van der Waals surface area (Å²) in [6.45, 7) is 0. The second kappa shape index (κ2) is 6.24. The van der Waals surface area contributed by atoms with Gasteiger partial charge < -0.3 is 9.84 Å². The number of hydrogen-bond acceptors (Lipinski definition) is 2. The number of ether oxygens (including phenoxy) is 1. The smallest absolute Gasteiger partial charge is 0.349 e. The van der Waals surface area contributed by atoms with Crippen LogP contribution in [0.4, 0.5) is 4.39 Å². The summed E-state index contributed by atoms with van der Waals surface area (Å²) in [7, 11) is 0. The average molecular weight is 360 g/mol. The summed E-state index contributed by atoms with van der Waals surface area (Å²) in [4.78, 5) is 11.3. The van der Waals surface area contributed by atoms with Gasteiger partial charge >= 0.3 is 5.97 Å². The van der Waals surface area contributed by atoms with Crippen LogP contribution in [0.1, 0.15) is 11.7 Å². The predicted octanol–water partition coefficient (Wildman–Crippen LogP) is 4.45. The first kappa shape index (κ1) is 14.8. The highest BCUT2D eigenvalue weighted by molar-refractivity contribution is 9.10. The van der Waals surface area contributed by atoms with Crippen LogP contribution in [-0.2, 0) is 4.79 Å². The van der Waals surface area contributed by atoms with Crippen molar-refractivity contribution < 1.29 is 19.0 Å². The fourth-order valence-electron chi connectivity index (χ4n) is 1.61. The highest BCUT2D eigenvalue weighted by atomic mass is 79.9. The summed E-state index contributed by atoms with van der Waals surface area (Å²) in [5.74, 6) is -1.77. The molecule has 3 nitrogen and oxygen atoms in total. The minimum atomic E-state index is -1.23. The number of rotatable bonds is 4. The Hall–Kier alpha value is -1.59. The molecule has 0 fully saturated rings. The molecule has 20 heavy (non-hydrogen) atoms. The number of halogens is 3. The highest BCUT2D eigenvalue weighted by Gasteiger charge is 2.23. The molecule has 0 spiro atoms. The van der Waals surface area contributed by atoms with Gasteiger partial charge in [-0.05, 0) is 22.0 Å². The lowest BCUT2D eigenvalue weighted by molar-refractivity contribution is -0.145. The first-order chi connectivity index (χ1) is 9.49. The van der Waals surface area contributed by atoms with E-state index in [-0.39, 0.29) is 10.8 Å². The van der Waals surface area contributed by atoms with Gasteiger partial charge in [-0.15, -0.1) is 0 Å². The minimum Gasteiger partial charge on any atom is -0.478 e. The number of aliphatic carboxylic acids is 1. The fraction of sp³-hybridized carbons (Fsp3) is 0.0714. The van der Waals surface area contributed by atoms with E-state index in [9.17, 15) is 14.3 Å². The molecule has 0 heterocycles. The molecule has 1 N–H and O–H groups in total. The molecule has 2 aromatic rings. The van der Waals surface area contributed by atoms with Gasteiger partial charge in [0.05, 0.1) is 9.50 Å². The van der Waals surface area contributed by atoms with Crippen LogP contribution in [0.25, 0.3) is 0 Å². The van der Waals surface area contributed by atoms with Gasteiger partial charge in [0.15, 0.2) is 0 Å². The normalized spacial score (nSPS) is 11.9. The Morgan fingerprint density at radius 2 is 1.95 bits per heavy atom. The van der Waals surface area contributed by atoms with Crippen LogP contribution in [0.3, 0.4) is 0 Å². The maximum atomic E-state index is 13.4. The van der Waals surface area contributed by atoms with E-state index in [1.54, 1.807) is 30.3 Å². The van der Waals surface area contributed by atoms with Gasteiger partial charge in [0.1, 0.15) is 11.6 Å². The summed E-state index contributed by atoms with van der Waals surface area (Å²) >= 11 is 8.79. The maximum Gasteiger partial charge on any atom is 0.349 e. The molecule has 6 heteroatoms. The quantitative estimate of drug-likeness (QED) is 0.821. The van der Waals surface area contributed by atoms with Crippen LogP contribution in [0.2, 0.25) is 5.02 Å². The number of benzene rings is 2. The molecule has 104 valence electrons. The predicted molar refractivity (Wildman–Crippen MR) is 76.6 cm³/mol. The zero-order valence-electron chi connectivity index (χ0n) is 10.0. The van der Waals surface area contributed by atoms with Gasteiger partial charge in [0.25, 0.3) is 0 Å². The topological polar surface area (TPSA) is 46.5 Å². The Balaban J connectivity index is 2.35. The van der Waals surface area contributed by atoms with Crippen molar-refractivity contribution in [1.82, 2.24) is 0 Å². The molecule has 2 rings (SSSR count). The first-order valence-corrected chi connectivity index (χ1v) is 6.75. The van der Waals surface area contributed by atoms with Gasteiger partial charge in [-0.25, -0.2) is 9.18 Å². The van der Waals surface area contributed by atoms with Crippen LogP contribution in [0.15, 0.2) is 46.9 Å². The third kappa shape index (κ3) is 3.29. The van der Waals surface area contributed by atoms with Crippen molar-refractivity contribution in [2.75, 3.05) is 0 Å². The van der Waals surface area contributed by atoms with E-state index in [1.807, 2.05) is 0 Å². The van der Waals surface area contributed by atoms with Crippen molar-refractivity contribution in [2.24, 2.45) is 0 Å². The summed E-state index contributed by atoms with van der Waals surface area (Å²) < 4.78 is 19.2. The summed E-state index contributed by atoms with van der Waals surface area (Å²) in [6, 6.07) is 10.8. The Morgan fingerprint density at radius 1 is 1.30 bits per heavy atom. The van der Waals surface area contributed by atoms with Crippen molar-refractivity contribution >= 4 is 33.5 Å². The van der Waals surface area contributed by atoms with Gasteiger partial charge in [0.2, 0.25) is 6.10 Å². The molecule has 1 atom stereocenters. The molecule has 0 saturated carbocycles. The maximum absolute atomic E-state index is 13.4. The van der Waals surface area contributed by atoms with Crippen LogP contribution >= 0.6 is 27.5 Å². The van der Waals surface area contributed by atoms with Gasteiger partial charge in [0, 0.05) is 11.6 Å². The molecule has 0 aliphatic rings. The van der Waals surface area contributed by atoms with Crippen LogP contribution in [-0.4, -0.2) is 11.1 Å². The van der Waals surface area contributed by atoms with E-state index in [1.165, 1.54) is 6.07 Å². The Bertz CT molecular complexity index is 634. The van der Waals surface area contributed by atoms with E-state index >= 15 is 0 Å². The van der Waals surface area contributed by atoms with Gasteiger partial charge in [-0.3, -0.25) is 0 Å². The van der Waals surface area contributed by atoms with E-state index in [0.717, 1.165) is 6.07 Å². The van der Waals surface area contributed by atoms with E-state index in [0.29, 0.717) is 10.0 Å². The standard InChI is InChI=1S/C14H9BrClFO3/c15-9-6-10(16)11(17)7-12(9)20-13(14(18)19)8-4-2-1-3-5-8/h1-7,13H,(H,18,19). The third-order valence-corrected chi connectivity index (χ3v) is 3.46. The SMILES string of the molecule is O=C(O)C(Oc1cc(F)c(Cl)cc1Br)c1ccccc1. The van der Waals surface area contributed by atoms with E-state index < -0.39 is 17.9 Å². The summed E-state index contributed by atoms with van der Waals surface area (Å²) in [6.07, 6.45) is -1.23. The lowest BCUT2D eigenvalue weighted by Crippen LogP contribution is -2.18. The zero-order valence-corrected chi connectivity index (χ0v) is 12.4. The lowest BCUT2D eigenvalue weighted by Gasteiger charge is -2.16. The lowest BCUT2D eigenvalue weighted by atomic mass is 10.1. The molecule has 0 saturated heterocycles. The average Bonchev–Trinajstić information content (AvgIpc) is 2.42. The second-order valence-electron chi connectivity index (χ2n) is 3.94. The zero-order chi connectivity index (χ0) is 14.7. The molecule has 2 aromatic carbocycles. The number of hydrogen-bond donors (Lipinski definition) is 1. The number of carboxylic acids is 1. The highest BCUT2D eigenvalue weighted by Crippen LogP contribution is 2.33. The Kier molecular flexibility index (Phi) is 4.62. The molecule has 0 aliphatic carbocycles. The van der Waals surface area contributed by atoms with Crippen molar-refractivity contribution in [3.63, 3.8) is 0 Å². The van der Waals surface area contributed by atoms with Crippen molar-refractivity contribution in [1.29, 1.82) is 0 Å². The minimum absolute atomic E-state index is 0.0724. The summed E-state index contributed by atoms with van der Waals surface area (Å²) in [5, 5.41) is 9.17. The summed E-state index contributed by atoms with van der Waals surface area (Å²) in [5.41, 5.74) is 0.460. The van der Waals surface area contributed by atoms with Gasteiger partial charge in [-0.2, -0.15) is 0 Å². The first-order valence-electron chi connectivity index (χ1n) is 5.58. The van der Waals surface area contributed by atoms with E-state index in [4.69, 9.17) is 16.3 Å². The molecule has 0 aromatic heterocycles. The monoisotopic (exact) mass is 358 g/mol. The largest absolute Gasteiger partial charge is 0.478 e. The van der Waals surface area contributed by atoms with Crippen LogP contribution in [0.5, 0.6) is 5.75 Å². The van der Waals surface area contributed by atoms with E-state index in [2.05, 4.69) is 15.9 Å². The van der Waals surface area contributed by atoms with Crippen LogP contribution in [0, 0.1) is 5.82 Å². The molecular formula is C14H9BrClFO3. The number of carbonyl (C=O) groups is 1.